The summed E-state index contributed by atoms with van der Waals surface area (Å²) in [7, 11) is 0. The van der Waals surface area contributed by atoms with Crippen LogP contribution in [0.15, 0.2) is 48.3 Å². The molecule has 2 aliphatic heterocycles. The van der Waals surface area contributed by atoms with Crippen molar-refractivity contribution in [2.45, 2.75) is 38.8 Å². The maximum atomic E-state index is 13.3. The molecule has 2 amide bonds. The van der Waals surface area contributed by atoms with Crippen molar-refractivity contribution in [2.24, 2.45) is 0 Å². The average molecular weight is 514 g/mol. The molecule has 2 aliphatic rings. The molecule has 0 aliphatic carbocycles. The lowest BCUT2D eigenvalue weighted by molar-refractivity contribution is -0.142. The molecule has 10 heteroatoms. The standard InChI is InChI=1S/C26H28ClN3O6/c1-3-35-20-15-17(5-6-19(20)27)23(31)21-22(16-7-11-28-12-8-16)30(25(33)24(21)32)18-9-13-29(14-10-18)26(34)36-4-2/h5-8,11-12,15,18,22,31H,3-4,9-10,13-14H2,1-2H3/b23-21+. The maximum absolute atomic E-state index is 13.3. The zero-order valence-electron chi connectivity index (χ0n) is 20.1. The normalized spacial score (nSPS) is 20.0. The van der Waals surface area contributed by atoms with Gasteiger partial charge in [-0.15, -0.1) is 0 Å². The summed E-state index contributed by atoms with van der Waals surface area (Å²) in [6.45, 7) is 5.00. The first-order chi connectivity index (χ1) is 17.4. The Hall–Kier alpha value is -3.59. The van der Waals surface area contributed by atoms with Gasteiger partial charge in [0, 0.05) is 37.1 Å². The van der Waals surface area contributed by atoms with Crippen LogP contribution in [0, 0.1) is 0 Å². The van der Waals surface area contributed by atoms with E-state index in [1.807, 2.05) is 6.92 Å². The molecule has 1 aromatic heterocycles. The van der Waals surface area contributed by atoms with Gasteiger partial charge in [-0.05, 0) is 62.6 Å². The van der Waals surface area contributed by atoms with E-state index in [-0.39, 0.29) is 24.0 Å². The number of halogens is 1. The summed E-state index contributed by atoms with van der Waals surface area (Å²) in [4.78, 5) is 46.0. The lowest BCUT2D eigenvalue weighted by Gasteiger charge is -2.38. The first-order valence-electron chi connectivity index (χ1n) is 11.9. The summed E-state index contributed by atoms with van der Waals surface area (Å²) in [5, 5.41) is 11.7. The summed E-state index contributed by atoms with van der Waals surface area (Å²) < 4.78 is 10.6. The van der Waals surface area contributed by atoms with Crippen molar-refractivity contribution >= 4 is 35.1 Å². The van der Waals surface area contributed by atoms with Crippen molar-refractivity contribution in [3.8, 4) is 5.75 Å². The second-order valence-electron chi connectivity index (χ2n) is 8.48. The topological polar surface area (TPSA) is 109 Å². The van der Waals surface area contributed by atoms with Gasteiger partial charge in [0.2, 0.25) is 0 Å². The van der Waals surface area contributed by atoms with Crippen LogP contribution in [0.3, 0.4) is 0 Å². The smallest absolute Gasteiger partial charge is 0.409 e. The molecule has 1 aromatic carbocycles. The Morgan fingerprint density at radius 2 is 1.81 bits per heavy atom. The number of benzene rings is 1. The highest BCUT2D eigenvalue weighted by molar-refractivity contribution is 6.46. The molecule has 2 saturated heterocycles. The number of aromatic nitrogens is 1. The number of hydrogen-bond donors (Lipinski definition) is 1. The molecule has 2 aromatic rings. The zero-order valence-corrected chi connectivity index (χ0v) is 20.9. The summed E-state index contributed by atoms with van der Waals surface area (Å²) in [5.41, 5.74) is 0.957. The minimum atomic E-state index is -0.807. The van der Waals surface area contributed by atoms with Crippen LogP contribution in [0.2, 0.25) is 5.02 Å². The fourth-order valence-corrected chi connectivity index (χ4v) is 4.89. The largest absolute Gasteiger partial charge is 0.507 e. The fraction of sp³-hybridized carbons (Fsp3) is 0.385. The molecule has 1 N–H and O–H groups in total. The predicted molar refractivity (Wildman–Crippen MR) is 133 cm³/mol. The van der Waals surface area contributed by atoms with Crippen molar-refractivity contribution < 1.29 is 29.0 Å². The van der Waals surface area contributed by atoms with Crippen LogP contribution < -0.4 is 4.74 Å². The van der Waals surface area contributed by atoms with E-state index in [9.17, 15) is 19.5 Å². The van der Waals surface area contributed by atoms with Crippen LogP contribution in [0.25, 0.3) is 5.76 Å². The van der Waals surface area contributed by atoms with Gasteiger partial charge in [-0.1, -0.05) is 11.6 Å². The zero-order chi connectivity index (χ0) is 25.8. The lowest BCUT2D eigenvalue weighted by atomic mass is 9.94. The molecule has 1 unspecified atom stereocenters. The molecular weight excluding hydrogens is 486 g/mol. The molecule has 4 rings (SSSR count). The number of likely N-dealkylation sites (tertiary alicyclic amines) is 2. The van der Waals surface area contributed by atoms with Crippen molar-refractivity contribution in [1.29, 1.82) is 0 Å². The van der Waals surface area contributed by atoms with Gasteiger partial charge in [0.1, 0.15) is 11.5 Å². The Kier molecular flexibility index (Phi) is 7.79. The van der Waals surface area contributed by atoms with Gasteiger partial charge in [0.15, 0.2) is 0 Å². The van der Waals surface area contributed by atoms with E-state index in [0.29, 0.717) is 54.4 Å². The van der Waals surface area contributed by atoms with Gasteiger partial charge in [-0.25, -0.2) is 4.79 Å². The summed E-state index contributed by atoms with van der Waals surface area (Å²) >= 11 is 6.20. The second kappa shape index (κ2) is 11.0. The minimum absolute atomic E-state index is 0.0104. The van der Waals surface area contributed by atoms with E-state index >= 15 is 0 Å². The fourth-order valence-electron chi connectivity index (χ4n) is 4.71. The number of aliphatic hydroxyl groups excluding tert-OH is 1. The highest BCUT2D eigenvalue weighted by Gasteiger charge is 2.49. The monoisotopic (exact) mass is 513 g/mol. The van der Waals surface area contributed by atoms with E-state index in [4.69, 9.17) is 21.1 Å². The number of carbonyl (C=O) groups excluding carboxylic acids is 3. The predicted octanol–water partition coefficient (Wildman–Crippen LogP) is 4.18. The molecule has 0 saturated carbocycles. The number of amides is 2. The van der Waals surface area contributed by atoms with Crippen LogP contribution in [0.5, 0.6) is 5.75 Å². The van der Waals surface area contributed by atoms with Gasteiger partial charge in [-0.3, -0.25) is 14.6 Å². The number of piperidine rings is 1. The number of Topliss-reactive ketones (excluding diaryl/α,β-unsaturated/α-hetero) is 1. The molecule has 1 atom stereocenters. The van der Waals surface area contributed by atoms with Crippen molar-refractivity contribution in [2.75, 3.05) is 26.3 Å². The van der Waals surface area contributed by atoms with Crippen LogP contribution in [-0.4, -0.2) is 70.0 Å². The summed E-state index contributed by atoms with van der Waals surface area (Å²) in [6.07, 6.45) is 3.71. The molecule has 36 heavy (non-hydrogen) atoms. The van der Waals surface area contributed by atoms with Gasteiger partial charge >= 0.3 is 6.09 Å². The van der Waals surface area contributed by atoms with Crippen LogP contribution in [0.1, 0.15) is 43.9 Å². The number of pyridine rings is 1. The number of nitrogens with zero attached hydrogens (tertiary/aromatic N) is 3. The third-order valence-electron chi connectivity index (χ3n) is 6.39. The van der Waals surface area contributed by atoms with Gasteiger partial charge in [0.25, 0.3) is 11.7 Å². The number of ketones is 1. The van der Waals surface area contributed by atoms with Crippen LogP contribution in [0.4, 0.5) is 4.79 Å². The molecule has 2 fully saturated rings. The molecule has 190 valence electrons. The van der Waals surface area contributed by atoms with E-state index in [0.717, 1.165) is 0 Å². The number of rotatable bonds is 6. The first kappa shape index (κ1) is 25.5. The van der Waals surface area contributed by atoms with E-state index in [2.05, 4.69) is 4.98 Å². The third kappa shape index (κ3) is 4.88. The molecule has 3 heterocycles. The Morgan fingerprint density at radius 3 is 2.44 bits per heavy atom. The summed E-state index contributed by atoms with van der Waals surface area (Å²) in [5.74, 6) is -1.40. The molecular formula is C26H28ClN3O6. The SMILES string of the molecule is CCOC(=O)N1CCC(N2C(=O)C(=O)/C(=C(/O)c3ccc(Cl)c(OCC)c3)C2c2ccncc2)CC1. The van der Waals surface area contributed by atoms with Gasteiger partial charge in [-0.2, -0.15) is 0 Å². The van der Waals surface area contributed by atoms with Crippen molar-refractivity contribution in [3.05, 3.63) is 64.4 Å². The van der Waals surface area contributed by atoms with Gasteiger partial charge in [0.05, 0.1) is 29.9 Å². The van der Waals surface area contributed by atoms with Gasteiger partial charge < -0.3 is 24.4 Å². The quantitative estimate of drug-likeness (QED) is 0.350. The minimum Gasteiger partial charge on any atom is -0.507 e. The highest BCUT2D eigenvalue weighted by Crippen LogP contribution is 2.42. The number of aliphatic hydroxyl groups is 1. The Morgan fingerprint density at radius 1 is 1.11 bits per heavy atom. The second-order valence-corrected chi connectivity index (χ2v) is 8.89. The van der Waals surface area contributed by atoms with E-state index in [1.165, 1.54) is 4.90 Å². The number of carbonyl (C=O) groups is 3. The van der Waals surface area contributed by atoms with Crippen LogP contribution in [-0.2, 0) is 14.3 Å². The Labute approximate surface area is 214 Å². The molecule has 0 bridgehead atoms. The lowest BCUT2D eigenvalue weighted by Crippen LogP contribution is -2.48. The molecule has 9 nitrogen and oxygen atoms in total. The maximum Gasteiger partial charge on any atom is 0.409 e. The van der Waals surface area contributed by atoms with Crippen molar-refractivity contribution in [3.63, 3.8) is 0 Å². The average Bonchev–Trinajstić information content (AvgIpc) is 3.16. The summed E-state index contributed by atoms with van der Waals surface area (Å²) in [6, 6.07) is 7.03. The Balaban J connectivity index is 1.73. The number of ether oxygens (including phenoxy) is 2. The van der Waals surface area contributed by atoms with E-state index < -0.39 is 23.8 Å². The first-order valence-corrected chi connectivity index (χ1v) is 12.3. The Bertz CT molecular complexity index is 1180. The molecule has 0 radical (unpaired) electrons. The third-order valence-corrected chi connectivity index (χ3v) is 6.70. The van der Waals surface area contributed by atoms with Crippen molar-refractivity contribution in [1.82, 2.24) is 14.8 Å². The molecule has 0 spiro atoms. The highest BCUT2D eigenvalue weighted by atomic mass is 35.5. The number of hydrogen-bond acceptors (Lipinski definition) is 7. The van der Waals surface area contributed by atoms with E-state index in [1.54, 1.807) is 54.5 Å². The van der Waals surface area contributed by atoms with Crippen LogP contribution >= 0.6 is 11.6 Å².